The predicted molar refractivity (Wildman–Crippen MR) is 68.5 cm³/mol. The standard InChI is InChI=1S/C14H23NO/c1-3-14(16)9-10-15-12(2)11-13-7-5-4-6-8-13/h4-8,12,14-16H,3,9-11H2,1-2H3. The van der Waals surface area contributed by atoms with E-state index in [2.05, 4.69) is 36.5 Å². The van der Waals surface area contributed by atoms with Gasteiger partial charge in [0, 0.05) is 6.04 Å². The van der Waals surface area contributed by atoms with Crippen molar-refractivity contribution in [3.8, 4) is 0 Å². The van der Waals surface area contributed by atoms with Gasteiger partial charge in [-0.15, -0.1) is 0 Å². The molecule has 1 aromatic rings. The average molecular weight is 221 g/mol. The first-order valence-electron chi connectivity index (χ1n) is 6.17. The summed E-state index contributed by atoms with van der Waals surface area (Å²) in [4.78, 5) is 0. The molecular formula is C14H23NO. The molecule has 16 heavy (non-hydrogen) atoms. The third-order valence-electron chi connectivity index (χ3n) is 2.83. The molecule has 0 amide bonds. The van der Waals surface area contributed by atoms with E-state index in [9.17, 15) is 5.11 Å². The van der Waals surface area contributed by atoms with Crippen molar-refractivity contribution >= 4 is 0 Å². The maximum absolute atomic E-state index is 9.42. The van der Waals surface area contributed by atoms with Crippen LogP contribution in [0.3, 0.4) is 0 Å². The summed E-state index contributed by atoms with van der Waals surface area (Å²) in [7, 11) is 0. The number of rotatable bonds is 7. The van der Waals surface area contributed by atoms with Gasteiger partial charge < -0.3 is 10.4 Å². The van der Waals surface area contributed by atoms with Gasteiger partial charge in [0.2, 0.25) is 0 Å². The van der Waals surface area contributed by atoms with Crippen molar-refractivity contribution in [2.75, 3.05) is 6.54 Å². The molecule has 0 aliphatic rings. The van der Waals surface area contributed by atoms with Crippen molar-refractivity contribution in [3.63, 3.8) is 0 Å². The van der Waals surface area contributed by atoms with Crippen molar-refractivity contribution in [2.45, 2.75) is 45.3 Å². The summed E-state index contributed by atoms with van der Waals surface area (Å²) in [6.07, 6.45) is 2.57. The molecular weight excluding hydrogens is 198 g/mol. The van der Waals surface area contributed by atoms with Crippen molar-refractivity contribution in [1.82, 2.24) is 5.32 Å². The second-order valence-electron chi connectivity index (χ2n) is 4.40. The normalized spacial score (nSPS) is 14.7. The number of nitrogens with one attached hydrogen (secondary N) is 1. The Balaban J connectivity index is 2.19. The predicted octanol–water partition coefficient (Wildman–Crippen LogP) is 2.37. The van der Waals surface area contributed by atoms with Gasteiger partial charge >= 0.3 is 0 Å². The van der Waals surface area contributed by atoms with Gasteiger partial charge in [-0.25, -0.2) is 0 Å². The topological polar surface area (TPSA) is 32.3 Å². The molecule has 0 saturated carbocycles. The molecule has 1 aromatic carbocycles. The summed E-state index contributed by atoms with van der Waals surface area (Å²) < 4.78 is 0. The summed E-state index contributed by atoms with van der Waals surface area (Å²) in [5.41, 5.74) is 1.36. The van der Waals surface area contributed by atoms with Crippen LogP contribution in [0.1, 0.15) is 32.3 Å². The zero-order valence-corrected chi connectivity index (χ0v) is 10.3. The summed E-state index contributed by atoms with van der Waals surface area (Å²) in [6.45, 7) is 5.09. The Labute approximate surface area is 98.7 Å². The minimum Gasteiger partial charge on any atom is -0.393 e. The fraction of sp³-hybridized carbons (Fsp3) is 0.571. The minimum atomic E-state index is -0.156. The Morgan fingerprint density at radius 1 is 1.25 bits per heavy atom. The third kappa shape index (κ3) is 5.29. The summed E-state index contributed by atoms with van der Waals surface area (Å²) in [5, 5.41) is 12.9. The van der Waals surface area contributed by atoms with E-state index in [0.717, 1.165) is 25.8 Å². The highest BCUT2D eigenvalue weighted by molar-refractivity contribution is 5.15. The SMILES string of the molecule is CCC(O)CCNC(C)Cc1ccccc1. The zero-order chi connectivity index (χ0) is 11.8. The number of aliphatic hydroxyl groups excluding tert-OH is 1. The zero-order valence-electron chi connectivity index (χ0n) is 10.3. The first-order valence-corrected chi connectivity index (χ1v) is 6.17. The van der Waals surface area contributed by atoms with Gasteiger partial charge in [0.05, 0.1) is 6.10 Å². The summed E-state index contributed by atoms with van der Waals surface area (Å²) in [5.74, 6) is 0. The fourth-order valence-electron chi connectivity index (χ4n) is 1.74. The van der Waals surface area contributed by atoms with Gasteiger partial charge in [0.1, 0.15) is 0 Å². The van der Waals surface area contributed by atoms with Gasteiger partial charge in [-0.05, 0) is 38.3 Å². The van der Waals surface area contributed by atoms with Crippen LogP contribution >= 0.6 is 0 Å². The average Bonchev–Trinajstić information content (AvgIpc) is 2.30. The lowest BCUT2D eigenvalue weighted by Gasteiger charge is -2.15. The van der Waals surface area contributed by atoms with E-state index in [0.29, 0.717) is 6.04 Å². The molecule has 2 heteroatoms. The number of hydrogen-bond donors (Lipinski definition) is 2. The lowest BCUT2D eigenvalue weighted by atomic mass is 10.1. The molecule has 0 radical (unpaired) electrons. The molecule has 2 atom stereocenters. The Kier molecular flexibility index (Phi) is 6.12. The molecule has 2 N–H and O–H groups in total. The molecule has 1 rings (SSSR count). The van der Waals surface area contributed by atoms with E-state index in [1.165, 1.54) is 5.56 Å². The highest BCUT2D eigenvalue weighted by atomic mass is 16.3. The number of benzene rings is 1. The van der Waals surface area contributed by atoms with Gasteiger partial charge in [-0.2, -0.15) is 0 Å². The maximum Gasteiger partial charge on any atom is 0.0549 e. The number of aliphatic hydroxyl groups is 1. The maximum atomic E-state index is 9.42. The van der Waals surface area contributed by atoms with Crippen LogP contribution in [0.4, 0.5) is 0 Å². The molecule has 0 aliphatic heterocycles. The van der Waals surface area contributed by atoms with Crippen LogP contribution in [-0.2, 0) is 6.42 Å². The van der Waals surface area contributed by atoms with Crippen LogP contribution in [0.15, 0.2) is 30.3 Å². The van der Waals surface area contributed by atoms with Crippen LogP contribution in [0.2, 0.25) is 0 Å². The molecule has 0 saturated heterocycles. The fourth-order valence-corrected chi connectivity index (χ4v) is 1.74. The van der Waals surface area contributed by atoms with Gasteiger partial charge in [0.25, 0.3) is 0 Å². The molecule has 2 nitrogen and oxygen atoms in total. The third-order valence-corrected chi connectivity index (χ3v) is 2.83. The van der Waals surface area contributed by atoms with Crippen molar-refractivity contribution in [1.29, 1.82) is 0 Å². The van der Waals surface area contributed by atoms with E-state index in [1.807, 2.05) is 13.0 Å². The molecule has 2 unspecified atom stereocenters. The molecule has 0 spiro atoms. The van der Waals surface area contributed by atoms with Crippen molar-refractivity contribution in [3.05, 3.63) is 35.9 Å². The van der Waals surface area contributed by atoms with Crippen LogP contribution in [0, 0.1) is 0 Å². The molecule has 0 aliphatic carbocycles. The van der Waals surface area contributed by atoms with Gasteiger partial charge in [-0.3, -0.25) is 0 Å². The van der Waals surface area contributed by atoms with E-state index >= 15 is 0 Å². The Morgan fingerprint density at radius 3 is 2.56 bits per heavy atom. The highest BCUT2D eigenvalue weighted by Gasteiger charge is 2.04. The van der Waals surface area contributed by atoms with Crippen LogP contribution < -0.4 is 5.32 Å². The van der Waals surface area contributed by atoms with Crippen LogP contribution in [0.5, 0.6) is 0 Å². The second-order valence-corrected chi connectivity index (χ2v) is 4.40. The van der Waals surface area contributed by atoms with E-state index in [1.54, 1.807) is 0 Å². The minimum absolute atomic E-state index is 0.156. The van der Waals surface area contributed by atoms with Crippen LogP contribution in [0.25, 0.3) is 0 Å². The number of hydrogen-bond acceptors (Lipinski definition) is 2. The molecule has 0 aromatic heterocycles. The summed E-state index contributed by atoms with van der Waals surface area (Å²) in [6, 6.07) is 11.0. The van der Waals surface area contributed by atoms with E-state index in [-0.39, 0.29) is 6.10 Å². The van der Waals surface area contributed by atoms with E-state index in [4.69, 9.17) is 0 Å². The largest absolute Gasteiger partial charge is 0.393 e. The summed E-state index contributed by atoms with van der Waals surface area (Å²) >= 11 is 0. The van der Waals surface area contributed by atoms with Gasteiger partial charge in [-0.1, -0.05) is 37.3 Å². The Morgan fingerprint density at radius 2 is 1.94 bits per heavy atom. The second kappa shape index (κ2) is 7.42. The van der Waals surface area contributed by atoms with Crippen molar-refractivity contribution < 1.29 is 5.11 Å². The van der Waals surface area contributed by atoms with Crippen molar-refractivity contribution in [2.24, 2.45) is 0 Å². The smallest absolute Gasteiger partial charge is 0.0549 e. The molecule has 90 valence electrons. The molecule has 0 bridgehead atoms. The molecule has 0 heterocycles. The first kappa shape index (κ1) is 13.2. The van der Waals surface area contributed by atoms with E-state index < -0.39 is 0 Å². The highest BCUT2D eigenvalue weighted by Crippen LogP contribution is 2.03. The first-order chi connectivity index (χ1) is 7.72. The monoisotopic (exact) mass is 221 g/mol. The molecule has 0 fully saturated rings. The lowest BCUT2D eigenvalue weighted by Crippen LogP contribution is -2.30. The lowest BCUT2D eigenvalue weighted by molar-refractivity contribution is 0.159. The van der Waals surface area contributed by atoms with Crippen LogP contribution in [-0.4, -0.2) is 23.8 Å². The quantitative estimate of drug-likeness (QED) is 0.741. The Hall–Kier alpha value is -0.860. The van der Waals surface area contributed by atoms with Gasteiger partial charge in [0.15, 0.2) is 0 Å². The Bertz CT molecular complexity index is 273.